The summed E-state index contributed by atoms with van der Waals surface area (Å²) in [4.78, 5) is 36.6. The van der Waals surface area contributed by atoms with E-state index >= 15 is 0 Å². The van der Waals surface area contributed by atoms with E-state index < -0.39 is 29.7 Å². The zero-order chi connectivity index (χ0) is 23.0. The van der Waals surface area contributed by atoms with Gasteiger partial charge in [-0.05, 0) is 57.2 Å². The Labute approximate surface area is 180 Å². The number of esters is 1. The van der Waals surface area contributed by atoms with Crippen molar-refractivity contribution >= 4 is 29.3 Å². The first-order valence-electron chi connectivity index (χ1n) is 9.41. The second-order valence-electron chi connectivity index (χ2n) is 7.39. The summed E-state index contributed by atoms with van der Waals surface area (Å²) < 4.78 is 20.5. The SMILES string of the molecule is COC(=O)C(Oc1cccc(OC)c1)C(=O)Nc1ccc(NC(=O)OC(C)(C)C)cc1. The average molecular weight is 430 g/mol. The highest BCUT2D eigenvalue weighted by Gasteiger charge is 2.30. The smallest absolute Gasteiger partial charge is 0.412 e. The molecule has 0 spiro atoms. The molecule has 0 fully saturated rings. The van der Waals surface area contributed by atoms with E-state index in [2.05, 4.69) is 15.4 Å². The van der Waals surface area contributed by atoms with E-state index in [0.717, 1.165) is 7.11 Å². The van der Waals surface area contributed by atoms with Crippen molar-refractivity contribution in [3.8, 4) is 11.5 Å². The van der Waals surface area contributed by atoms with Crippen molar-refractivity contribution in [2.75, 3.05) is 24.9 Å². The van der Waals surface area contributed by atoms with Gasteiger partial charge in [-0.2, -0.15) is 0 Å². The van der Waals surface area contributed by atoms with Gasteiger partial charge in [0.1, 0.15) is 17.1 Å². The zero-order valence-corrected chi connectivity index (χ0v) is 18.1. The van der Waals surface area contributed by atoms with Gasteiger partial charge in [-0.25, -0.2) is 9.59 Å². The molecule has 0 aromatic heterocycles. The maximum Gasteiger partial charge on any atom is 0.412 e. The lowest BCUT2D eigenvalue weighted by Gasteiger charge is -2.20. The fraction of sp³-hybridized carbons (Fsp3) is 0.318. The molecular formula is C22H26N2O7. The Bertz CT molecular complexity index is 920. The summed E-state index contributed by atoms with van der Waals surface area (Å²) in [5.41, 5.74) is 0.246. The van der Waals surface area contributed by atoms with Crippen LogP contribution in [0, 0.1) is 0 Å². The fourth-order valence-electron chi connectivity index (χ4n) is 2.39. The highest BCUT2D eigenvalue weighted by atomic mass is 16.6. The second-order valence-corrected chi connectivity index (χ2v) is 7.39. The van der Waals surface area contributed by atoms with Crippen LogP contribution in [0.25, 0.3) is 0 Å². The third kappa shape index (κ3) is 7.54. The van der Waals surface area contributed by atoms with E-state index in [9.17, 15) is 14.4 Å². The molecule has 2 N–H and O–H groups in total. The van der Waals surface area contributed by atoms with Crippen molar-refractivity contribution in [3.63, 3.8) is 0 Å². The molecule has 166 valence electrons. The molecular weight excluding hydrogens is 404 g/mol. The molecule has 0 aliphatic heterocycles. The van der Waals surface area contributed by atoms with Crippen LogP contribution in [0.4, 0.5) is 16.2 Å². The van der Waals surface area contributed by atoms with E-state index in [0.29, 0.717) is 17.1 Å². The lowest BCUT2D eigenvalue weighted by molar-refractivity contribution is -0.152. The van der Waals surface area contributed by atoms with Gasteiger partial charge in [0.15, 0.2) is 0 Å². The summed E-state index contributed by atoms with van der Waals surface area (Å²) in [7, 11) is 2.65. The number of hydrogen-bond donors (Lipinski definition) is 2. The number of rotatable bonds is 7. The van der Waals surface area contributed by atoms with Crippen LogP contribution < -0.4 is 20.1 Å². The van der Waals surface area contributed by atoms with Gasteiger partial charge in [-0.15, -0.1) is 0 Å². The summed E-state index contributed by atoms with van der Waals surface area (Å²) in [5, 5.41) is 5.17. The van der Waals surface area contributed by atoms with Crippen LogP contribution in [0.5, 0.6) is 11.5 Å². The summed E-state index contributed by atoms with van der Waals surface area (Å²) in [6.07, 6.45) is -2.13. The molecule has 0 saturated heterocycles. The van der Waals surface area contributed by atoms with E-state index in [1.807, 2.05) is 0 Å². The van der Waals surface area contributed by atoms with Gasteiger partial charge < -0.3 is 24.3 Å². The van der Waals surface area contributed by atoms with Crippen LogP contribution in [0.1, 0.15) is 20.8 Å². The highest BCUT2D eigenvalue weighted by Crippen LogP contribution is 2.21. The molecule has 2 aromatic carbocycles. The van der Waals surface area contributed by atoms with Gasteiger partial charge >= 0.3 is 12.1 Å². The molecule has 9 nitrogen and oxygen atoms in total. The van der Waals surface area contributed by atoms with Gasteiger partial charge in [0.05, 0.1) is 14.2 Å². The molecule has 0 aliphatic rings. The minimum absolute atomic E-state index is 0.266. The minimum atomic E-state index is -1.53. The Balaban J connectivity index is 2.05. The number of methoxy groups -OCH3 is 2. The van der Waals surface area contributed by atoms with Crippen LogP contribution in [0.2, 0.25) is 0 Å². The standard InChI is InChI=1S/C22H26N2O7/c1-22(2,3)31-21(27)24-15-11-9-14(10-12-15)23-19(25)18(20(26)29-5)30-17-8-6-7-16(13-17)28-4/h6-13,18H,1-5H3,(H,23,25)(H,24,27). The first kappa shape index (κ1) is 23.5. The normalized spacial score (nSPS) is 11.6. The van der Waals surface area contributed by atoms with Crippen LogP contribution in [0.3, 0.4) is 0 Å². The predicted molar refractivity (Wildman–Crippen MR) is 114 cm³/mol. The molecule has 31 heavy (non-hydrogen) atoms. The van der Waals surface area contributed by atoms with Crippen LogP contribution in [-0.4, -0.2) is 43.9 Å². The average Bonchev–Trinajstić information content (AvgIpc) is 2.71. The number of carbonyl (C=O) groups excluding carboxylic acids is 3. The summed E-state index contributed by atoms with van der Waals surface area (Å²) in [6.45, 7) is 5.28. The molecule has 0 aliphatic carbocycles. The van der Waals surface area contributed by atoms with Crippen molar-refractivity contribution in [1.82, 2.24) is 0 Å². The largest absolute Gasteiger partial charge is 0.497 e. The van der Waals surface area contributed by atoms with Crippen LogP contribution >= 0.6 is 0 Å². The minimum Gasteiger partial charge on any atom is -0.497 e. The molecule has 1 unspecified atom stereocenters. The van der Waals surface area contributed by atoms with E-state index in [1.54, 1.807) is 69.3 Å². The summed E-state index contributed by atoms with van der Waals surface area (Å²) >= 11 is 0. The number of benzene rings is 2. The maximum absolute atomic E-state index is 12.6. The van der Waals surface area contributed by atoms with Gasteiger partial charge in [0.2, 0.25) is 0 Å². The predicted octanol–water partition coefficient (Wildman–Crippen LogP) is 3.60. The molecule has 0 heterocycles. The van der Waals surface area contributed by atoms with Crippen molar-refractivity contribution in [1.29, 1.82) is 0 Å². The third-order valence-electron chi connectivity index (χ3n) is 3.75. The first-order chi connectivity index (χ1) is 14.6. The lowest BCUT2D eigenvalue weighted by atomic mass is 10.2. The molecule has 0 bridgehead atoms. The Kier molecular flexibility index (Phi) is 7.84. The van der Waals surface area contributed by atoms with Crippen LogP contribution in [0.15, 0.2) is 48.5 Å². The molecule has 0 saturated carbocycles. The highest BCUT2D eigenvalue weighted by molar-refractivity contribution is 6.07. The van der Waals surface area contributed by atoms with Gasteiger partial charge in [-0.3, -0.25) is 10.1 Å². The number of amides is 2. The summed E-state index contributed by atoms with van der Waals surface area (Å²) in [6, 6.07) is 12.8. The van der Waals surface area contributed by atoms with Crippen LogP contribution in [-0.2, 0) is 19.1 Å². The zero-order valence-electron chi connectivity index (χ0n) is 18.1. The molecule has 2 amide bonds. The molecule has 9 heteroatoms. The van der Waals surface area contributed by atoms with E-state index in [1.165, 1.54) is 7.11 Å². The quantitative estimate of drug-likeness (QED) is 0.510. The second kappa shape index (κ2) is 10.3. The molecule has 2 aromatic rings. The molecule has 1 atom stereocenters. The van der Waals surface area contributed by atoms with Crippen molar-refractivity contribution in [2.45, 2.75) is 32.5 Å². The van der Waals surface area contributed by atoms with Gasteiger partial charge in [-0.1, -0.05) is 6.07 Å². The fourth-order valence-corrected chi connectivity index (χ4v) is 2.39. The Morgan fingerprint density at radius 1 is 0.871 bits per heavy atom. The topological polar surface area (TPSA) is 112 Å². The maximum atomic E-state index is 12.6. The van der Waals surface area contributed by atoms with Gasteiger partial charge in [0, 0.05) is 17.4 Å². The van der Waals surface area contributed by atoms with Gasteiger partial charge in [0.25, 0.3) is 12.0 Å². The lowest BCUT2D eigenvalue weighted by Crippen LogP contribution is -2.40. The molecule has 2 rings (SSSR count). The Hall–Kier alpha value is -3.75. The summed E-state index contributed by atoms with van der Waals surface area (Å²) in [5.74, 6) is -0.803. The third-order valence-corrected chi connectivity index (χ3v) is 3.75. The number of carbonyl (C=O) groups is 3. The first-order valence-corrected chi connectivity index (χ1v) is 9.41. The monoisotopic (exact) mass is 430 g/mol. The van der Waals surface area contributed by atoms with Crippen molar-refractivity contribution in [3.05, 3.63) is 48.5 Å². The van der Waals surface area contributed by atoms with Crippen molar-refractivity contribution < 1.29 is 33.3 Å². The Morgan fingerprint density at radius 2 is 1.45 bits per heavy atom. The Morgan fingerprint density at radius 3 is 2.00 bits per heavy atom. The number of nitrogens with one attached hydrogen (secondary N) is 2. The van der Waals surface area contributed by atoms with Crippen molar-refractivity contribution in [2.24, 2.45) is 0 Å². The number of hydrogen-bond acceptors (Lipinski definition) is 7. The number of anilines is 2. The van der Waals surface area contributed by atoms with E-state index in [-0.39, 0.29) is 5.75 Å². The van der Waals surface area contributed by atoms with E-state index in [4.69, 9.17) is 14.2 Å². The molecule has 0 radical (unpaired) electrons. The number of ether oxygens (including phenoxy) is 4.